The molecule has 0 radical (unpaired) electrons. The standard InChI is InChI=1S/C12H18N2O/c1-2-3-9-6-12(9)14-7-10-4-5-11(15)8-13-10/h4-5,8-9,12,14-15H,2-3,6-7H2,1H3. The fraction of sp³-hybridized carbons (Fsp3) is 0.583. The van der Waals surface area contributed by atoms with Crippen LogP contribution in [0.3, 0.4) is 0 Å². The molecule has 0 bridgehead atoms. The highest BCUT2D eigenvalue weighted by Gasteiger charge is 2.35. The molecule has 0 saturated heterocycles. The lowest BCUT2D eigenvalue weighted by atomic mass is 10.2. The molecular formula is C12H18N2O. The molecule has 0 amide bonds. The van der Waals surface area contributed by atoms with Crippen molar-refractivity contribution in [3.63, 3.8) is 0 Å². The lowest BCUT2D eigenvalue weighted by molar-refractivity contribution is 0.471. The Morgan fingerprint density at radius 3 is 3.07 bits per heavy atom. The van der Waals surface area contributed by atoms with E-state index in [-0.39, 0.29) is 5.75 Å². The average molecular weight is 206 g/mol. The third-order valence-electron chi connectivity index (χ3n) is 2.94. The van der Waals surface area contributed by atoms with Crippen LogP contribution in [0.5, 0.6) is 5.75 Å². The summed E-state index contributed by atoms with van der Waals surface area (Å²) in [4.78, 5) is 4.14. The van der Waals surface area contributed by atoms with Gasteiger partial charge in [-0.05, 0) is 30.9 Å². The second kappa shape index (κ2) is 4.62. The van der Waals surface area contributed by atoms with Crippen LogP contribution < -0.4 is 5.32 Å². The first-order valence-corrected chi connectivity index (χ1v) is 5.67. The van der Waals surface area contributed by atoms with E-state index in [1.54, 1.807) is 6.07 Å². The third kappa shape index (κ3) is 2.93. The Hall–Kier alpha value is -1.09. The predicted molar refractivity (Wildman–Crippen MR) is 59.5 cm³/mol. The Bertz CT molecular complexity index is 310. The second-order valence-corrected chi connectivity index (χ2v) is 4.28. The summed E-state index contributed by atoms with van der Waals surface area (Å²) in [5.41, 5.74) is 0.995. The summed E-state index contributed by atoms with van der Waals surface area (Å²) in [7, 11) is 0. The summed E-state index contributed by atoms with van der Waals surface area (Å²) in [5.74, 6) is 1.11. The number of rotatable bonds is 5. The van der Waals surface area contributed by atoms with Crippen molar-refractivity contribution in [3.05, 3.63) is 24.0 Å². The lowest BCUT2D eigenvalue weighted by Gasteiger charge is -2.03. The predicted octanol–water partition coefficient (Wildman–Crippen LogP) is 2.07. The van der Waals surface area contributed by atoms with Crippen molar-refractivity contribution in [3.8, 4) is 5.75 Å². The minimum absolute atomic E-state index is 0.231. The van der Waals surface area contributed by atoms with Crippen LogP contribution in [0.4, 0.5) is 0 Å². The lowest BCUT2D eigenvalue weighted by Crippen LogP contribution is -2.18. The van der Waals surface area contributed by atoms with Gasteiger partial charge < -0.3 is 10.4 Å². The van der Waals surface area contributed by atoms with Crippen LogP contribution in [0.15, 0.2) is 18.3 Å². The fourth-order valence-corrected chi connectivity index (χ4v) is 1.94. The number of hydrogen-bond donors (Lipinski definition) is 2. The molecule has 1 saturated carbocycles. The summed E-state index contributed by atoms with van der Waals surface area (Å²) in [6.07, 6.45) is 5.42. The van der Waals surface area contributed by atoms with Gasteiger partial charge in [0, 0.05) is 12.6 Å². The maximum atomic E-state index is 9.08. The normalized spacial score (nSPS) is 24.1. The minimum Gasteiger partial charge on any atom is -0.506 e. The monoisotopic (exact) mass is 206 g/mol. The van der Waals surface area contributed by atoms with Gasteiger partial charge >= 0.3 is 0 Å². The highest BCUT2D eigenvalue weighted by Crippen LogP contribution is 2.34. The Labute approximate surface area is 90.5 Å². The highest BCUT2D eigenvalue weighted by molar-refractivity contribution is 5.17. The first kappa shape index (κ1) is 10.4. The van der Waals surface area contributed by atoms with Gasteiger partial charge in [0.05, 0.1) is 11.9 Å². The molecule has 0 aliphatic heterocycles. The first-order valence-electron chi connectivity index (χ1n) is 5.67. The summed E-state index contributed by atoms with van der Waals surface area (Å²) >= 11 is 0. The molecule has 1 aromatic heterocycles. The van der Waals surface area contributed by atoms with Crippen molar-refractivity contribution < 1.29 is 5.11 Å². The zero-order valence-electron chi connectivity index (χ0n) is 9.11. The van der Waals surface area contributed by atoms with Crippen molar-refractivity contribution in [1.29, 1.82) is 0 Å². The van der Waals surface area contributed by atoms with E-state index in [9.17, 15) is 0 Å². The van der Waals surface area contributed by atoms with Gasteiger partial charge in [-0.3, -0.25) is 4.98 Å². The molecule has 0 spiro atoms. The van der Waals surface area contributed by atoms with Crippen LogP contribution >= 0.6 is 0 Å². The van der Waals surface area contributed by atoms with Crippen molar-refractivity contribution in [2.45, 2.75) is 38.8 Å². The summed E-state index contributed by atoms with van der Waals surface area (Å²) < 4.78 is 0. The third-order valence-corrected chi connectivity index (χ3v) is 2.94. The largest absolute Gasteiger partial charge is 0.506 e. The number of aromatic hydroxyl groups is 1. The Morgan fingerprint density at radius 1 is 1.53 bits per heavy atom. The summed E-state index contributed by atoms with van der Waals surface area (Å²) in [6, 6.07) is 4.24. The van der Waals surface area contributed by atoms with E-state index in [1.807, 2.05) is 6.07 Å². The molecular weight excluding hydrogens is 188 g/mol. The van der Waals surface area contributed by atoms with E-state index in [1.165, 1.54) is 25.5 Å². The molecule has 82 valence electrons. The van der Waals surface area contributed by atoms with E-state index in [2.05, 4.69) is 17.2 Å². The Kier molecular flexibility index (Phi) is 3.21. The number of pyridine rings is 1. The zero-order chi connectivity index (χ0) is 10.7. The van der Waals surface area contributed by atoms with Gasteiger partial charge in [-0.1, -0.05) is 13.3 Å². The number of aromatic nitrogens is 1. The molecule has 3 heteroatoms. The molecule has 2 N–H and O–H groups in total. The zero-order valence-corrected chi connectivity index (χ0v) is 9.11. The average Bonchev–Trinajstić information content (AvgIpc) is 2.97. The van der Waals surface area contributed by atoms with E-state index in [4.69, 9.17) is 5.11 Å². The van der Waals surface area contributed by atoms with Crippen LogP contribution in [0.25, 0.3) is 0 Å². The van der Waals surface area contributed by atoms with Gasteiger partial charge in [0.2, 0.25) is 0 Å². The molecule has 1 heterocycles. The molecule has 1 aliphatic carbocycles. The van der Waals surface area contributed by atoms with Gasteiger partial charge in [0.25, 0.3) is 0 Å². The highest BCUT2D eigenvalue weighted by atomic mass is 16.3. The van der Waals surface area contributed by atoms with Crippen molar-refractivity contribution in [2.24, 2.45) is 5.92 Å². The van der Waals surface area contributed by atoms with E-state index >= 15 is 0 Å². The molecule has 0 aromatic carbocycles. The van der Waals surface area contributed by atoms with Crippen LogP contribution in [-0.2, 0) is 6.54 Å². The van der Waals surface area contributed by atoms with Crippen LogP contribution in [-0.4, -0.2) is 16.1 Å². The van der Waals surface area contributed by atoms with Gasteiger partial charge in [-0.2, -0.15) is 0 Å². The van der Waals surface area contributed by atoms with Crippen LogP contribution in [0.1, 0.15) is 31.9 Å². The maximum absolute atomic E-state index is 9.08. The van der Waals surface area contributed by atoms with Crippen molar-refractivity contribution >= 4 is 0 Å². The molecule has 15 heavy (non-hydrogen) atoms. The van der Waals surface area contributed by atoms with Gasteiger partial charge in [-0.15, -0.1) is 0 Å². The number of nitrogens with zero attached hydrogens (tertiary/aromatic N) is 1. The second-order valence-electron chi connectivity index (χ2n) is 4.28. The van der Waals surface area contributed by atoms with E-state index in [0.29, 0.717) is 6.04 Å². The van der Waals surface area contributed by atoms with Gasteiger partial charge in [0.15, 0.2) is 0 Å². The number of hydrogen-bond acceptors (Lipinski definition) is 3. The van der Waals surface area contributed by atoms with Gasteiger partial charge in [0.1, 0.15) is 5.75 Å². The Balaban J connectivity index is 1.73. The van der Waals surface area contributed by atoms with E-state index in [0.717, 1.165) is 18.2 Å². The fourth-order valence-electron chi connectivity index (χ4n) is 1.94. The van der Waals surface area contributed by atoms with E-state index < -0.39 is 0 Å². The first-order chi connectivity index (χ1) is 7.29. The van der Waals surface area contributed by atoms with Gasteiger partial charge in [-0.25, -0.2) is 0 Å². The molecule has 3 nitrogen and oxygen atoms in total. The minimum atomic E-state index is 0.231. The molecule has 1 aromatic rings. The Morgan fingerprint density at radius 2 is 2.40 bits per heavy atom. The van der Waals surface area contributed by atoms with Crippen LogP contribution in [0.2, 0.25) is 0 Å². The molecule has 2 unspecified atom stereocenters. The number of nitrogens with one attached hydrogen (secondary N) is 1. The quantitative estimate of drug-likeness (QED) is 0.775. The molecule has 1 fully saturated rings. The topological polar surface area (TPSA) is 45.1 Å². The maximum Gasteiger partial charge on any atom is 0.133 e. The molecule has 2 rings (SSSR count). The molecule has 2 atom stereocenters. The summed E-state index contributed by atoms with van der Waals surface area (Å²) in [6.45, 7) is 3.04. The van der Waals surface area contributed by atoms with Crippen molar-refractivity contribution in [2.75, 3.05) is 0 Å². The van der Waals surface area contributed by atoms with Crippen molar-refractivity contribution in [1.82, 2.24) is 10.3 Å². The summed E-state index contributed by atoms with van der Waals surface area (Å²) in [5, 5.41) is 12.6. The SMILES string of the molecule is CCCC1CC1NCc1ccc(O)cn1. The smallest absolute Gasteiger partial charge is 0.133 e. The molecule has 1 aliphatic rings. The van der Waals surface area contributed by atoms with Crippen LogP contribution in [0, 0.1) is 5.92 Å².